The zero-order valence-corrected chi connectivity index (χ0v) is 23.2. The molecule has 2 atom stereocenters. The van der Waals surface area contributed by atoms with Gasteiger partial charge >= 0.3 is 6.09 Å². The largest absolute Gasteiger partial charge is 0.508 e. The maximum Gasteiger partial charge on any atom is 0.408 e. The number of ether oxygens (including phenoxy) is 1. The van der Waals surface area contributed by atoms with E-state index in [1.165, 1.54) is 17.0 Å². The van der Waals surface area contributed by atoms with Crippen LogP contribution in [0, 0.1) is 0 Å². The van der Waals surface area contributed by atoms with Gasteiger partial charge < -0.3 is 30.5 Å². The van der Waals surface area contributed by atoms with Gasteiger partial charge in [-0.15, -0.1) is 0 Å². The number of hydrogen-bond donors (Lipinski definition) is 4. The van der Waals surface area contributed by atoms with E-state index in [0.29, 0.717) is 11.1 Å². The van der Waals surface area contributed by atoms with Gasteiger partial charge in [-0.2, -0.15) is 0 Å². The number of carbonyl (C=O) groups is 3. The standard InChI is InChI=1S/C29H41N3O6/c1-7-20-8-12-22(13-9-20)25(26(35)30-19(2)3)32(16-17-33)27(36)24(31-28(37)38-29(4,5)6)18-21-10-14-23(34)15-11-21/h8-15,19,24-25,33-34H,7,16-18H2,1-6H3,(H,30,35)(H,31,37). The van der Waals surface area contributed by atoms with E-state index in [2.05, 4.69) is 10.6 Å². The SMILES string of the molecule is CCc1ccc(C(C(=O)NC(C)C)N(CCO)C(=O)C(Cc2ccc(O)cc2)NC(=O)OC(C)(C)C)cc1. The van der Waals surface area contributed by atoms with Crippen molar-refractivity contribution < 1.29 is 29.3 Å². The summed E-state index contributed by atoms with van der Waals surface area (Å²) in [5.74, 6) is -0.882. The number of carbonyl (C=O) groups excluding carboxylic acids is 3. The van der Waals surface area contributed by atoms with Crippen molar-refractivity contribution in [3.63, 3.8) is 0 Å². The van der Waals surface area contributed by atoms with Gasteiger partial charge in [0, 0.05) is 19.0 Å². The second kappa shape index (κ2) is 13.8. The fraction of sp³-hybridized carbons (Fsp3) is 0.483. The zero-order chi connectivity index (χ0) is 28.5. The average Bonchev–Trinajstić information content (AvgIpc) is 2.83. The van der Waals surface area contributed by atoms with Gasteiger partial charge in [0.05, 0.1) is 6.61 Å². The predicted molar refractivity (Wildman–Crippen MR) is 146 cm³/mol. The summed E-state index contributed by atoms with van der Waals surface area (Å²) < 4.78 is 5.40. The van der Waals surface area contributed by atoms with Gasteiger partial charge in [-0.05, 0) is 69.9 Å². The van der Waals surface area contributed by atoms with E-state index in [4.69, 9.17) is 4.74 Å². The van der Waals surface area contributed by atoms with Crippen LogP contribution >= 0.6 is 0 Å². The number of nitrogens with one attached hydrogen (secondary N) is 2. The Kier molecular flexibility index (Phi) is 11.1. The number of benzene rings is 2. The number of aliphatic hydroxyl groups is 1. The number of phenolic OH excluding ortho intramolecular Hbond substituents is 1. The molecular weight excluding hydrogens is 486 g/mol. The van der Waals surface area contributed by atoms with Crippen LogP contribution in [0.1, 0.15) is 64.3 Å². The number of aliphatic hydroxyl groups excluding tert-OH is 1. The first-order valence-corrected chi connectivity index (χ1v) is 12.9. The van der Waals surface area contributed by atoms with E-state index in [-0.39, 0.29) is 31.4 Å². The van der Waals surface area contributed by atoms with Crippen molar-refractivity contribution in [3.8, 4) is 5.75 Å². The van der Waals surface area contributed by atoms with Crippen molar-refractivity contribution in [3.05, 3.63) is 65.2 Å². The van der Waals surface area contributed by atoms with Crippen molar-refractivity contribution in [2.24, 2.45) is 0 Å². The smallest absolute Gasteiger partial charge is 0.408 e. The van der Waals surface area contributed by atoms with Crippen LogP contribution in [0.3, 0.4) is 0 Å². The van der Waals surface area contributed by atoms with Crippen LogP contribution in [-0.2, 0) is 27.2 Å². The Bertz CT molecular complexity index is 1060. The number of rotatable bonds is 11. The van der Waals surface area contributed by atoms with Crippen LogP contribution in [0.4, 0.5) is 4.79 Å². The van der Waals surface area contributed by atoms with Crippen LogP contribution in [0.2, 0.25) is 0 Å². The molecule has 9 nitrogen and oxygen atoms in total. The fourth-order valence-corrected chi connectivity index (χ4v) is 3.96. The zero-order valence-electron chi connectivity index (χ0n) is 23.2. The monoisotopic (exact) mass is 527 g/mol. The molecule has 0 aromatic heterocycles. The second-order valence-corrected chi connectivity index (χ2v) is 10.5. The summed E-state index contributed by atoms with van der Waals surface area (Å²) in [7, 11) is 0. The van der Waals surface area contributed by atoms with Crippen molar-refractivity contribution in [1.82, 2.24) is 15.5 Å². The number of amides is 3. The topological polar surface area (TPSA) is 128 Å². The first-order chi connectivity index (χ1) is 17.8. The summed E-state index contributed by atoms with van der Waals surface area (Å²) in [6.07, 6.45) is 0.110. The van der Waals surface area contributed by atoms with E-state index in [1.54, 1.807) is 45.0 Å². The number of alkyl carbamates (subject to hydrolysis) is 1. The molecule has 9 heteroatoms. The van der Waals surface area contributed by atoms with Crippen LogP contribution < -0.4 is 10.6 Å². The summed E-state index contributed by atoms with van der Waals surface area (Å²) in [4.78, 5) is 41.5. The van der Waals surface area contributed by atoms with Gasteiger partial charge in [0.25, 0.3) is 0 Å². The Morgan fingerprint density at radius 1 is 0.947 bits per heavy atom. The minimum absolute atomic E-state index is 0.0691. The first kappa shape index (κ1) is 30.6. The highest BCUT2D eigenvalue weighted by atomic mass is 16.6. The van der Waals surface area contributed by atoms with Crippen LogP contribution in [0.5, 0.6) is 5.75 Å². The van der Waals surface area contributed by atoms with E-state index >= 15 is 0 Å². The first-order valence-electron chi connectivity index (χ1n) is 12.9. The molecule has 0 aliphatic rings. The van der Waals surface area contributed by atoms with Crippen molar-refractivity contribution >= 4 is 17.9 Å². The maximum absolute atomic E-state index is 14.0. The highest BCUT2D eigenvalue weighted by Crippen LogP contribution is 2.24. The van der Waals surface area contributed by atoms with Gasteiger partial charge in [0.1, 0.15) is 23.4 Å². The molecule has 2 unspecified atom stereocenters. The molecule has 2 aromatic carbocycles. The summed E-state index contributed by atoms with van der Waals surface area (Å²) in [5.41, 5.74) is 1.55. The molecule has 0 fully saturated rings. The lowest BCUT2D eigenvalue weighted by molar-refractivity contribution is -0.143. The lowest BCUT2D eigenvalue weighted by atomic mass is 9.99. The van der Waals surface area contributed by atoms with E-state index < -0.39 is 35.6 Å². The summed E-state index contributed by atoms with van der Waals surface area (Å²) >= 11 is 0. The van der Waals surface area contributed by atoms with Crippen molar-refractivity contribution in [2.45, 2.75) is 78.1 Å². The maximum atomic E-state index is 14.0. The summed E-state index contributed by atoms with van der Waals surface area (Å²) in [5, 5.41) is 25.1. The van der Waals surface area contributed by atoms with E-state index in [1.807, 2.05) is 32.9 Å². The van der Waals surface area contributed by atoms with E-state index in [9.17, 15) is 24.6 Å². The van der Waals surface area contributed by atoms with Crippen molar-refractivity contribution in [1.29, 1.82) is 0 Å². The Balaban J connectivity index is 2.51. The molecule has 0 aliphatic carbocycles. The molecule has 0 bridgehead atoms. The van der Waals surface area contributed by atoms with Gasteiger partial charge in [-0.25, -0.2) is 4.79 Å². The van der Waals surface area contributed by atoms with Gasteiger partial charge in [-0.1, -0.05) is 43.3 Å². The highest BCUT2D eigenvalue weighted by Gasteiger charge is 2.36. The molecule has 3 amide bonds. The minimum Gasteiger partial charge on any atom is -0.508 e. The minimum atomic E-state index is -1.11. The Morgan fingerprint density at radius 3 is 2.03 bits per heavy atom. The highest BCUT2D eigenvalue weighted by molar-refractivity contribution is 5.92. The molecular formula is C29H41N3O6. The molecule has 0 saturated heterocycles. The third-order valence-corrected chi connectivity index (χ3v) is 5.68. The Morgan fingerprint density at radius 2 is 1.53 bits per heavy atom. The molecule has 0 radical (unpaired) electrons. The molecule has 2 rings (SSSR count). The molecule has 2 aromatic rings. The molecule has 4 N–H and O–H groups in total. The van der Waals surface area contributed by atoms with Gasteiger partial charge in [0.15, 0.2) is 0 Å². The quantitative estimate of drug-likeness (QED) is 0.354. The van der Waals surface area contributed by atoms with Crippen LogP contribution in [-0.4, -0.2) is 63.9 Å². The lowest BCUT2D eigenvalue weighted by Gasteiger charge is -2.34. The lowest BCUT2D eigenvalue weighted by Crippen LogP contribution is -2.54. The number of hydrogen-bond acceptors (Lipinski definition) is 6. The third kappa shape index (κ3) is 9.37. The van der Waals surface area contributed by atoms with Crippen molar-refractivity contribution in [2.75, 3.05) is 13.2 Å². The molecule has 208 valence electrons. The molecule has 38 heavy (non-hydrogen) atoms. The van der Waals surface area contributed by atoms with E-state index in [0.717, 1.165) is 12.0 Å². The average molecular weight is 528 g/mol. The number of aryl methyl sites for hydroxylation is 1. The molecule has 0 heterocycles. The summed E-state index contributed by atoms with van der Waals surface area (Å²) in [6, 6.07) is 11.4. The number of phenols is 1. The van der Waals surface area contributed by atoms with Gasteiger partial charge in [0.2, 0.25) is 11.8 Å². The Labute approximate surface area is 225 Å². The molecule has 0 spiro atoms. The summed E-state index contributed by atoms with van der Waals surface area (Å²) in [6.45, 7) is 10.3. The number of aromatic hydroxyl groups is 1. The second-order valence-electron chi connectivity index (χ2n) is 10.5. The van der Waals surface area contributed by atoms with Crippen LogP contribution in [0.25, 0.3) is 0 Å². The number of nitrogens with zero attached hydrogens (tertiary/aromatic N) is 1. The Hall–Kier alpha value is -3.59. The van der Waals surface area contributed by atoms with Gasteiger partial charge in [-0.3, -0.25) is 9.59 Å². The van der Waals surface area contributed by atoms with Crippen LogP contribution in [0.15, 0.2) is 48.5 Å². The fourth-order valence-electron chi connectivity index (χ4n) is 3.96. The molecule has 0 aliphatic heterocycles. The predicted octanol–water partition coefficient (Wildman–Crippen LogP) is 3.48. The third-order valence-electron chi connectivity index (χ3n) is 5.68. The normalized spacial score (nSPS) is 12.9. The molecule has 0 saturated carbocycles.